The fourth-order valence-electron chi connectivity index (χ4n) is 10.6. The summed E-state index contributed by atoms with van der Waals surface area (Å²) in [6, 6.07) is 32.3. The van der Waals surface area contributed by atoms with Crippen molar-refractivity contribution < 1.29 is 14.2 Å². The van der Waals surface area contributed by atoms with Gasteiger partial charge in [-0.3, -0.25) is 0 Å². The van der Waals surface area contributed by atoms with Crippen molar-refractivity contribution in [1.29, 1.82) is 0 Å². The number of allylic oxidation sites excluding steroid dienone is 2. The summed E-state index contributed by atoms with van der Waals surface area (Å²) >= 11 is 0. The molecule has 6 unspecified atom stereocenters. The van der Waals surface area contributed by atoms with E-state index in [1.807, 2.05) is 0 Å². The molecule has 3 aromatic carbocycles. The molecule has 3 aromatic rings. The molecule has 3 nitrogen and oxygen atoms in total. The summed E-state index contributed by atoms with van der Waals surface area (Å²) in [6.07, 6.45) is 11.9. The monoisotopic (exact) mass is 604 g/mol. The van der Waals surface area contributed by atoms with Crippen molar-refractivity contribution in [1.82, 2.24) is 0 Å². The van der Waals surface area contributed by atoms with Gasteiger partial charge in [0, 0.05) is 11.3 Å². The highest BCUT2D eigenvalue weighted by Gasteiger charge is 2.72. The molecule has 0 bridgehead atoms. The van der Waals surface area contributed by atoms with Crippen LogP contribution >= 0.6 is 0 Å². The second kappa shape index (κ2) is 12.8. The molecule has 0 saturated heterocycles. The minimum atomic E-state index is -0.269. The van der Waals surface area contributed by atoms with E-state index in [1.54, 1.807) is 5.57 Å². The smallest absolute Gasteiger partial charge is 0.0903 e. The molecular weight excluding hydrogens is 552 g/mol. The third-order valence-electron chi connectivity index (χ3n) is 12.8. The summed E-state index contributed by atoms with van der Waals surface area (Å²) < 4.78 is 22.1. The van der Waals surface area contributed by atoms with Gasteiger partial charge in [0.2, 0.25) is 0 Å². The van der Waals surface area contributed by atoms with Crippen LogP contribution < -0.4 is 0 Å². The van der Waals surface area contributed by atoms with Crippen LogP contribution in [0.3, 0.4) is 0 Å². The summed E-state index contributed by atoms with van der Waals surface area (Å²) in [5.74, 6) is 1.13. The molecule has 4 saturated carbocycles. The van der Waals surface area contributed by atoms with E-state index in [0.717, 1.165) is 6.42 Å². The van der Waals surface area contributed by atoms with Gasteiger partial charge in [-0.15, -0.1) is 0 Å². The largest absolute Gasteiger partial charge is 0.371 e. The maximum absolute atomic E-state index is 7.59. The van der Waals surface area contributed by atoms with Gasteiger partial charge in [0.05, 0.1) is 37.6 Å². The summed E-state index contributed by atoms with van der Waals surface area (Å²) in [4.78, 5) is 0. The van der Waals surface area contributed by atoms with E-state index in [1.165, 1.54) is 61.6 Å². The van der Waals surface area contributed by atoms with Gasteiger partial charge < -0.3 is 14.2 Å². The van der Waals surface area contributed by atoms with E-state index in [0.29, 0.717) is 31.7 Å². The van der Waals surface area contributed by atoms with E-state index in [9.17, 15) is 0 Å². The lowest BCUT2D eigenvalue weighted by Gasteiger charge is -2.69. The molecule has 3 heteroatoms. The van der Waals surface area contributed by atoms with Crippen molar-refractivity contribution in [2.24, 2.45) is 28.6 Å². The normalized spacial score (nSPS) is 36.7. The summed E-state index contributed by atoms with van der Waals surface area (Å²) in [6.45, 7) is 9.28. The molecule has 4 aliphatic carbocycles. The Kier molecular flexibility index (Phi) is 8.81. The van der Waals surface area contributed by atoms with E-state index >= 15 is 0 Å². The predicted molar refractivity (Wildman–Crippen MR) is 181 cm³/mol. The molecule has 45 heavy (non-hydrogen) atoms. The first-order chi connectivity index (χ1) is 22.0. The van der Waals surface area contributed by atoms with Crippen LogP contribution in [0.4, 0.5) is 0 Å². The maximum atomic E-state index is 7.59. The van der Waals surface area contributed by atoms with Crippen molar-refractivity contribution >= 4 is 0 Å². The van der Waals surface area contributed by atoms with Crippen molar-refractivity contribution in [2.75, 3.05) is 0 Å². The zero-order valence-corrected chi connectivity index (χ0v) is 27.6. The van der Waals surface area contributed by atoms with Crippen LogP contribution in [0.1, 0.15) is 88.8 Å². The highest BCUT2D eigenvalue weighted by molar-refractivity contribution is 5.29. The number of ether oxygens (including phenoxy) is 3. The van der Waals surface area contributed by atoms with Crippen molar-refractivity contribution in [3.05, 3.63) is 119 Å². The Labute approximate surface area is 271 Å². The van der Waals surface area contributed by atoms with Crippen molar-refractivity contribution in [3.8, 4) is 0 Å². The van der Waals surface area contributed by atoms with Gasteiger partial charge in [-0.2, -0.15) is 0 Å². The molecule has 7 rings (SSSR count). The molecule has 0 spiro atoms. The third kappa shape index (κ3) is 5.43. The molecule has 0 aliphatic heterocycles. The Morgan fingerprint density at radius 2 is 1.22 bits per heavy atom. The number of hydrogen-bond donors (Lipinski definition) is 0. The second-order valence-electron chi connectivity index (χ2n) is 14.9. The standard InChI is InChI=1S/C42H52O3/c1-4-34-23-24-35-37-39(44-29-32-18-10-6-11-19-32)38(43-28-31-16-8-5-9-17-31)36-22-14-15-25-41(36,3)42(37,27-26-40(34,35)2)45-30-33-20-12-7-13-21-33/h4-13,16-21,35-39H,14-15,22-30H2,1-3H3/t35?,36?,37?,38?,39?,40-,41+,42?/m1/s1. The van der Waals surface area contributed by atoms with Crippen LogP contribution in [-0.4, -0.2) is 17.8 Å². The fraction of sp³-hybridized carbons (Fsp3) is 0.524. The first-order valence-electron chi connectivity index (χ1n) is 17.6. The fourth-order valence-corrected chi connectivity index (χ4v) is 10.6. The van der Waals surface area contributed by atoms with Gasteiger partial charge in [-0.25, -0.2) is 0 Å². The molecule has 0 amide bonds. The van der Waals surface area contributed by atoms with E-state index in [4.69, 9.17) is 14.2 Å². The van der Waals surface area contributed by atoms with E-state index in [-0.39, 0.29) is 34.6 Å². The molecule has 0 aromatic heterocycles. The highest BCUT2D eigenvalue weighted by atomic mass is 16.5. The Morgan fingerprint density at radius 3 is 1.82 bits per heavy atom. The molecule has 0 radical (unpaired) electrons. The Balaban J connectivity index is 1.35. The minimum Gasteiger partial charge on any atom is -0.371 e. The molecule has 0 heterocycles. The molecule has 4 fully saturated rings. The molecule has 0 N–H and O–H groups in total. The summed E-state index contributed by atoms with van der Waals surface area (Å²) in [5, 5.41) is 0. The Hall–Kier alpha value is -2.72. The summed E-state index contributed by atoms with van der Waals surface area (Å²) in [5.41, 5.74) is 5.29. The van der Waals surface area contributed by atoms with Crippen LogP contribution in [0.2, 0.25) is 0 Å². The van der Waals surface area contributed by atoms with Crippen molar-refractivity contribution in [3.63, 3.8) is 0 Å². The number of benzene rings is 3. The second-order valence-corrected chi connectivity index (χ2v) is 14.9. The molecule has 8 atom stereocenters. The van der Waals surface area contributed by atoms with Crippen LogP contribution in [0.25, 0.3) is 0 Å². The SMILES string of the molecule is CC=C1CCC2C3C(OCc4ccccc4)C(OCc4ccccc4)C4CCCC[C@]4(C)C3(OCc3ccccc3)CC[C@]12C. The molecule has 238 valence electrons. The first kappa shape index (κ1) is 30.9. The van der Waals surface area contributed by atoms with Gasteiger partial charge in [-0.1, -0.05) is 129 Å². The minimum absolute atomic E-state index is 0.0126. The third-order valence-corrected chi connectivity index (χ3v) is 12.8. The van der Waals surface area contributed by atoms with Crippen LogP contribution in [0.15, 0.2) is 103 Å². The van der Waals surface area contributed by atoms with E-state index in [2.05, 4.69) is 118 Å². The van der Waals surface area contributed by atoms with Gasteiger partial charge >= 0.3 is 0 Å². The number of hydrogen-bond acceptors (Lipinski definition) is 3. The lowest BCUT2D eigenvalue weighted by molar-refractivity contribution is -0.324. The lowest BCUT2D eigenvalue weighted by atomic mass is 9.41. The Bertz CT molecular complexity index is 1440. The average molecular weight is 605 g/mol. The van der Waals surface area contributed by atoms with Gasteiger partial charge in [0.15, 0.2) is 0 Å². The maximum Gasteiger partial charge on any atom is 0.0903 e. The average Bonchev–Trinajstić information content (AvgIpc) is 3.43. The zero-order valence-electron chi connectivity index (χ0n) is 27.6. The van der Waals surface area contributed by atoms with Gasteiger partial charge in [-0.05, 0) is 79.4 Å². The predicted octanol–water partition coefficient (Wildman–Crippen LogP) is 10.1. The van der Waals surface area contributed by atoms with Gasteiger partial charge in [0.1, 0.15) is 0 Å². The Morgan fingerprint density at radius 1 is 0.644 bits per heavy atom. The topological polar surface area (TPSA) is 27.7 Å². The van der Waals surface area contributed by atoms with E-state index < -0.39 is 0 Å². The first-order valence-corrected chi connectivity index (χ1v) is 17.6. The molecule has 4 aliphatic rings. The molecular formula is C42H52O3. The number of rotatable bonds is 9. The summed E-state index contributed by atoms with van der Waals surface area (Å²) in [7, 11) is 0. The van der Waals surface area contributed by atoms with Gasteiger partial charge in [0.25, 0.3) is 0 Å². The number of fused-ring (bicyclic) bond motifs is 5. The van der Waals surface area contributed by atoms with Crippen LogP contribution in [0.5, 0.6) is 0 Å². The lowest BCUT2D eigenvalue weighted by Crippen LogP contribution is -2.73. The van der Waals surface area contributed by atoms with Crippen molar-refractivity contribution in [2.45, 2.75) is 110 Å². The van der Waals surface area contributed by atoms with Crippen LogP contribution in [-0.2, 0) is 34.0 Å². The quantitative estimate of drug-likeness (QED) is 0.228. The zero-order chi connectivity index (χ0) is 30.9. The highest BCUT2D eigenvalue weighted by Crippen LogP contribution is 2.71. The van der Waals surface area contributed by atoms with Crippen LogP contribution in [0, 0.1) is 28.6 Å².